The molecule has 4 aromatic rings. The van der Waals surface area contributed by atoms with Gasteiger partial charge in [-0.2, -0.15) is 0 Å². The molecule has 3 heteroatoms. The molecule has 0 N–H and O–H groups in total. The zero-order valence-electron chi connectivity index (χ0n) is 18.6. The van der Waals surface area contributed by atoms with E-state index in [1.165, 1.54) is 27.2 Å². The van der Waals surface area contributed by atoms with Crippen molar-refractivity contribution >= 4 is 28.3 Å². The average molecular weight is 430 g/mol. The lowest BCUT2D eigenvalue weighted by atomic mass is 9.42. The molecule has 1 aliphatic heterocycles. The van der Waals surface area contributed by atoms with Crippen LogP contribution in [-0.4, -0.2) is 11.8 Å². The Morgan fingerprint density at radius 2 is 1.00 bits per heavy atom. The third-order valence-corrected chi connectivity index (χ3v) is 8.65. The van der Waals surface area contributed by atoms with E-state index in [1.807, 2.05) is 42.5 Å². The van der Waals surface area contributed by atoms with Crippen molar-refractivity contribution in [2.24, 2.45) is 11.8 Å². The molecule has 2 bridgehead atoms. The van der Waals surface area contributed by atoms with Crippen LogP contribution in [0.1, 0.15) is 36.1 Å². The molecule has 4 aromatic carbocycles. The number of amides is 2. The average Bonchev–Trinajstić information content (AvgIpc) is 3.13. The molecular formula is C30H23NO2. The molecular weight excluding hydrogens is 406 g/mol. The van der Waals surface area contributed by atoms with Gasteiger partial charge in [-0.3, -0.25) is 9.59 Å². The molecule has 0 spiro atoms. The highest BCUT2D eigenvalue weighted by molar-refractivity contribution is 6.26. The third-order valence-electron chi connectivity index (χ3n) is 8.65. The zero-order valence-corrected chi connectivity index (χ0v) is 18.6. The van der Waals surface area contributed by atoms with Gasteiger partial charge in [0, 0.05) is 16.2 Å². The van der Waals surface area contributed by atoms with Gasteiger partial charge in [-0.25, -0.2) is 4.90 Å². The van der Waals surface area contributed by atoms with Crippen LogP contribution < -0.4 is 4.90 Å². The number of nitrogens with zero attached hydrogens (tertiary/aromatic N) is 1. The summed E-state index contributed by atoms with van der Waals surface area (Å²) in [6, 6.07) is 30.6. The van der Waals surface area contributed by atoms with Crippen LogP contribution >= 0.6 is 0 Å². The van der Waals surface area contributed by atoms with Crippen molar-refractivity contribution in [1.82, 2.24) is 0 Å². The van der Waals surface area contributed by atoms with Crippen LogP contribution in [-0.2, 0) is 20.4 Å². The Kier molecular flexibility index (Phi) is 3.41. The fourth-order valence-electron chi connectivity index (χ4n) is 7.21. The van der Waals surface area contributed by atoms with Gasteiger partial charge in [0.25, 0.3) is 0 Å². The molecule has 33 heavy (non-hydrogen) atoms. The summed E-state index contributed by atoms with van der Waals surface area (Å²) in [7, 11) is 0. The van der Waals surface area contributed by atoms with Crippen molar-refractivity contribution in [1.29, 1.82) is 0 Å². The van der Waals surface area contributed by atoms with Gasteiger partial charge in [-0.05, 0) is 33.7 Å². The lowest BCUT2D eigenvalue weighted by Crippen LogP contribution is -2.59. The van der Waals surface area contributed by atoms with Crippen molar-refractivity contribution in [2.45, 2.75) is 24.7 Å². The number of anilines is 1. The van der Waals surface area contributed by atoms with Crippen molar-refractivity contribution < 1.29 is 9.59 Å². The first-order valence-electron chi connectivity index (χ1n) is 11.5. The molecule has 2 atom stereocenters. The van der Waals surface area contributed by atoms with Crippen LogP contribution in [0.4, 0.5) is 5.69 Å². The van der Waals surface area contributed by atoms with E-state index in [0.29, 0.717) is 5.69 Å². The van der Waals surface area contributed by atoms with E-state index < -0.39 is 22.7 Å². The third kappa shape index (κ3) is 1.98. The van der Waals surface area contributed by atoms with E-state index in [4.69, 9.17) is 0 Å². The number of rotatable bonds is 1. The highest BCUT2D eigenvalue weighted by atomic mass is 16.2. The van der Waals surface area contributed by atoms with Gasteiger partial charge in [0.2, 0.25) is 11.8 Å². The summed E-state index contributed by atoms with van der Waals surface area (Å²) in [5.41, 5.74) is 4.28. The van der Waals surface area contributed by atoms with Gasteiger partial charge in [0.1, 0.15) is 0 Å². The van der Waals surface area contributed by atoms with Crippen LogP contribution in [0.3, 0.4) is 0 Å². The summed E-state index contributed by atoms with van der Waals surface area (Å²) < 4.78 is 0. The van der Waals surface area contributed by atoms with Crippen molar-refractivity contribution in [3.63, 3.8) is 0 Å². The maximum atomic E-state index is 14.3. The van der Waals surface area contributed by atoms with Crippen LogP contribution in [0, 0.1) is 11.8 Å². The van der Waals surface area contributed by atoms with Crippen molar-refractivity contribution in [2.75, 3.05) is 4.90 Å². The lowest BCUT2D eigenvalue weighted by molar-refractivity contribution is -0.124. The molecule has 4 aliphatic rings. The molecule has 3 nitrogen and oxygen atoms in total. The summed E-state index contributed by atoms with van der Waals surface area (Å²) >= 11 is 0. The molecule has 1 heterocycles. The van der Waals surface area contributed by atoms with E-state index in [2.05, 4.69) is 62.4 Å². The van der Waals surface area contributed by atoms with E-state index in [-0.39, 0.29) is 11.8 Å². The largest absolute Gasteiger partial charge is 0.274 e. The highest BCUT2D eigenvalue weighted by Crippen LogP contribution is 2.66. The predicted octanol–water partition coefficient (Wildman–Crippen LogP) is 5.58. The van der Waals surface area contributed by atoms with Crippen LogP contribution in [0.2, 0.25) is 0 Å². The Morgan fingerprint density at radius 1 is 0.576 bits per heavy atom. The van der Waals surface area contributed by atoms with Crippen LogP contribution in [0.15, 0.2) is 91.0 Å². The molecule has 8 rings (SSSR count). The number of benzene rings is 4. The summed E-state index contributed by atoms with van der Waals surface area (Å²) in [5, 5.41) is 1.95. The SMILES string of the molecule is CC12c3ccccc3C(C)(c3ccccc31)[C@H]1C(=O)N(c3cccc4ccccc34)C(=O)[C@@H]12. The van der Waals surface area contributed by atoms with Gasteiger partial charge in [-0.1, -0.05) is 98.8 Å². The summed E-state index contributed by atoms with van der Waals surface area (Å²) in [4.78, 5) is 30.0. The van der Waals surface area contributed by atoms with Crippen molar-refractivity contribution in [3.05, 3.63) is 113 Å². The number of carbonyl (C=O) groups is 2. The highest BCUT2D eigenvalue weighted by Gasteiger charge is 2.70. The van der Waals surface area contributed by atoms with E-state index in [1.54, 1.807) is 0 Å². The fourth-order valence-corrected chi connectivity index (χ4v) is 7.21. The second-order valence-electron chi connectivity index (χ2n) is 9.96. The first kappa shape index (κ1) is 18.8. The van der Waals surface area contributed by atoms with Crippen LogP contribution in [0.5, 0.6) is 0 Å². The predicted molar refractivity (Wildman–Crippen MR) is 129 cm³/mol. The Hall–Kier alpha value is -3.72. The summed E-state index contributed by atoms with van der Waals surface area (Å²) in [6.45, 7) is 4.33. The molecule has 0 unspecified atom stereocenters. The molecule has 1 fully saturated rings. The molecule has 0 saturated carbocycles. The van der Waals surface area contributed by atoms with E-state index >= 15 is 0 Å². The number of hydrogen-bond donors (Lipinski definition) is 0. The van der Waals surface area contributed by atoms with E-state index in [9.17, 15) is 9.59 Å². The van der Waals surface area contributed by atoms with Gasteiger partial charge in [0.05, 0.1) is 17.5 Å². The summed E-state index contributed by atoms with van der Waals surface area (Å²) in [6.07, 6.45) is 0. The smallest absolute Gasteiger partial charge is 0.238 e. The summed E-state index contributed by atoms with van der Waals surface area (Å²) in [5.74, 6) is -1.03. The minimum atomic E-state index is -0.554. The lowest BCUT2D eigenvalue weighted by Gasteiger charge is -2.57. The first-order chi connectivity index (χ1) is 16.0. The Morgan fingerprint density at radius 3 is 1.52 bits per heavy atom. The maximum absolute atomic E-state index is 14.3. The number of carbonyl (C=O) groups excluding carboxylic acids is 2. The molecule has 1 saturated heterocycles. The normalized spacial score (nSPS) is 29.2. The zero-order chi connectivity index (χ0) is 22.5. The van der Waals surface area contributed by atoms with E-state index in [0.717, 1.165) is 10.8 Å². The fraction of sp³-hybridized carbons (Fsp3) is 0.200. The standard InChI is InChI=1S/C30H23NO2/c1-29-20-13-5-7-15-22(20)30(2,23-16-8-6-14-21(23)29)26-25(29)27(32)31(28(26)33)24-17-9-11-18-10-3-4-12-19(18)24/h3-17,25-26H,1-2H3/t25-,26-,29?,30?/m1/s1. The molecule has 0 aromatic heterocycles. The minimum absolute atomic E-state index is 0.0842. The second kappa shape index (κ2) is 5.99. The maximum Gasteiger partial charge on any atom is 0.238 e. The monoisotopic (exact) mass is 429 g/mol. The van der Waals surface area contributed by atoms with Gasteiger partial charge in [-0.15, -0.1) is 0 Å². The first-order valence-corrected chi connectivity index (χ1v) is 11.5. The number of hydrogen-bond acceptors (Lipinski definition) is 2. The van der Waals surface area contributed by atoms with Crippen LogP contribution in [0.25, 0.3) is 10.8 Å². The topological polar surface area (TPSA) is 37.4 Å². The minimum Gasteiger partial charge on any atom is -0.274 e. The van der Waals surface area contributed by atoms with Gasteiger partial charge < -0.3 is 0 Å². The molecule has 2 amide bonds. The molecule has 0 radical (unpaired) electrons. The number of fused-ring (bicyclic) bond motifs is 1. The quantitative estimate of drug-likeness (QED) is 0.370. The van der Waals surface area contributed by atoms with Gasteiger partial charge in [0.15, 0.2) is 0 Å². The number of imide groups is 1. The van der Waals surface area contributed by atoms with Gasteiger partial charge >= 0.3 is 0 Å². The molecule has 3 aliphatic carbocycles. The Labute approximate surface area is 192 Å². The second-order valence-corrected chi connectivity index (χ2v) is 9.96. The Bertz CT molecular complexity index is 1390. The van der Waals surface area contributed by atoms with Crippen molar-refractivity contribution in [3.8, 4) is 0 Å². The Balaban J connectivity index is 1.53. The molecule has 160 valence electrons.